The van der Waals surface area contributed by atoms with Crippen LogP contribution in [0.3, 0.4) is 0 Å². The van der Waals surface area contributed by atoms with Crippen molar-refractivity contribution in [2.24, 2.45) is 0 Å². The van der Waals surface area contributed by atoms with E-state index in [-0.39, 0.29) is 5.91 Å². The normalized spacial score (nSPS) is 13.7. The Bertz CT molecular complexity index is 637. The number of nitrogens with zero attached hydrogens (tertiary/aromatic N) is 1. The first-order valence-corrected chi connectivity index (χ1v) is 7.15. The number of hydrogen-bond acceptors (Lipinski definition) is 2. The van der Waals surface area contributed by atoms with Crippen molar-refractivity contribution in [3.63, 3.8) is 0 Å². The van der Waals surface area contributed by atoms with Crippen LogP contribution in [0.4, 0.5) is 5.69 Å². The summed E-state index contributed by atoms with van der Waals surface area (Å²) in [5.74, 6) is -0.145. The van der Waals surface area contributed by atoms with Crippen LogP contribution >= 0.6 is 11.6 Å². The Balaban J connectivity index is 1.84. The van der Waals surface area contributed by atoms with Gasteiger partial charge in [0.25, 0.3) is 5.91 Å². The van der Waals surface area contributed by atoms with Crippen molar-refractivity contribution < 1.29 is 4.79 Å². The molecule has 0 aliphatic heterocycles. The summed E-state index contributed by atoms with van der Waals surface area (Å²) in [4.78, 5) is 16.2. The number of amides is 1. The lowest BCUT2D eigenvalue weighted by atomic mass is 9.90. The molecule has 0 atom stereocenters. The zero-order valence-electron chi connectivity index (χ0n) is 11.0. The number of aryl methyl sites for hydroxylation is 1. The van der Waals surface area contributed by atoms with Gasteiger partial charge in [0.05, 0.1) is 5.56 Å². The van der Waals surface area contributed by atoms with E-state index in [0.29, 0.717) is 10.7 Å². The lowest BCUT2D eigenvalue weighted by molar-refractivity contribution is 0.102. The summed E-state index contributed by atoms with van der Waals surface area (Å²) in [6.07, 6.45) is 6.03. The Hall–Kier alpha value is -1.87. The van der Waals surface area contributed by atoms with E-state index < -0.39 is 0 Å². The molecule has 0 fully saturated rings. The number of nitrogens with one attached hydrogen (secondary N) is 1. The van der Waals surface area contributed by atoms with E-state index in [1.807, 2.05) is 12.1 Å². The summed E-state index contributed by atoms with van der Waals surface area (Å²) in [6.45, 7) is 0. The van der Waals surface area contributed by atoms with Gasteiger partial charge in [-0.2, -0.15) is 0 Å². The van der Waals surface area contributed by atoms with Crippen molar-refractivity contribution in [2.45, 2.75) is 25.7 Å². The molecule has 0 radical (unpaired) electrons. The fourth-order valence-electron chi connectivity index (χ4n) is 2.60. The molecule has 102 valence electrons. The maximum atomic E-state index is 12.2. The van der Waals surface area contributed by atoms with Crippen molar-refractivity contribution in [3.8, 4) is 0 Å². The van der Waals surface area contributed by atoms with Crippen LogP contribution < -0.4 is 5.32 Å². The molecule has 3 rings (SSSR count). The predicted molar refractivity (Wildman–Crippen MR) is 80.3 cm³/mol. The molecule has 0 saturated carbocycles. The van der Waals surface area contributed by atoms with Crippen molar-refractivity contribution in [3.05, 3.63) is 58.4 Å². The SMILES string of the molecule is O=C(Nc1cccc2c1CCCC2)c1ccc(Cl)nc1. The summed E-state index contributed by atoms with van der Waals surface area (Å²) in [7, 11) is 0. The van der Waals surface area contributed by atoms with Crippen molar-refractivity contribution >= 4 is 23.2 Å². The van der Waals surface area contributed by atoms with Gasteiger partial charge in [-0.3, -0.25) is 4.79 Å². The molecular formula is C16H15ClN2O. The highest BCUT2D eigenvalue weighted by molar-refractivity contribution is 6.29. The average molecular weight is 287 g/mol. The van der Waals surface area contributed by atoms with Gasteiger partial charge >= 0.3 is 0 Å². The molecule has 1 N–H and O–H groups in total. The molecule has 1 aromatic carbocycles. The number of anilines is 1. The molecule has 0 saturated heterocycles. The zero-order chi connectivity index (χ0) is 13.9. The molecule has 1 heterocycles. The minimum absolute atomic E-state index is 0.145. The second kappa shape index (κ2) is 5.63. The number of carbonyl (C=O) groups is 1. The topological polar surface area (TPSA) is 42.0 Å². The van der Waals surface area contributed by atoms with Gasteiger partial charge in [-0.25, -0.2) is 4.98 Å². The van der Waals surface area contributed by atoms with Gasteiger partial charge in [0.2, 0.25) is 0 Å². The Kier molecular flexibility index (Phi) is 3.70. The Labute approximate surface area is 123 Å². The van der Waals surface area contributed by atoms with Crippen LogP contribution in [0, 0.1) is 0 Å². The van der Waals surface area contributed by atoms with Gasteiger partial charge in [-0.1, -0.05) is 23.7 Å². The molecule has 1 aliphatic rings. The monoisotopic (exact) mass is 286 g/mol. The largest absolute Gasteiger partial charge is 0.322 e. The number of pyridine rings is 1. The van der Waals surface area contributed by atoms with E-state index >= 15 is 0 Å². The predicted octanol–water partition coefficient (Wildman–Crippen LogP) is 3.87. The molecule has 1 aliphatic carbocycles. The number of rotatable bonds is 2. The second-order valence-electron chi connectivity index (χ2n) is 4.97. The van der Waals surface area contributed by atoms with Gasteiger partial charge in [0.15, 0.2) is 0 Å². The third-order valence-electron chi connectivity index (χ3n) is 3.63. The summed E-state index contributed by atoms with van der Waals surface area (Å²) < 4.78 is 0. The molecule has 0 unspecified atom stereocenters. The number of fused-ring (bicyclic) bond motifs is 1. The molecule has 0 bridgehead atoms. The van der Waals surface area contributed by atoms with Crippen molar-refractivity contribution in [1.29, 1.82) is 0 Å². The standard InChI is InChI=1S/C16H15ClN2O/c17-15-9-8-12(10-18-15)16(20)19-14-7-3-5-11-4-1-2-6-13(11)14/h3,5,7-10H,1-2,4,6H2,(H,19,20). The summed E-state index contributed by atoms with van der Waals surface area (Å²) in [5, 5.41) is 3.37. The summed E-state index contributed by atoms with van der Waals surface area (Å²) in [5.41, 5.74) is 4.06. The van der Waals surface area contributed by atoms with E-state index in [4.69, 9.17) is 11.6 Å². The third-order valence-corrected chi connectivity index (χ3v) is 3.86. The Morgan fingerprint density at radius 2 is 2.00 bits per heavy atom. The molecule has 20 heavy (non-hydrogen) atoms. The van der Waals surface area contributed by atoms with Crippen LogP contribution in [-0.4, -0.2) is 10.9 Å². The van der Waals surface area contributed by atoms with Crippen LogP contribution in [0.15, 0.2) is 36.5 Å². The molecule has 4 heteroatoms. The summed E-state index contributed by atoms with van der Waals surface area (Å²) in [6, 6.07) is 9.41. The maximum Gasteiger partial charge on any atom is 0.257 e. The molecule has 3 nitrogen and oxygen atoms in total. The van der Waals surface area contributed by atoms with Gasteiger partial charge in [-0.15, -0.1) is 0 Å². The smallest absolute Gasteiger partial charge is 0.257 e. The van der Waals surface area contributed by atoms with Crippen molar-refractivity contribution in [2.75, 3.05) is 5.32 Å². The van der Waals surface area contributed by atoms with Crippen LogP contribution in [0.1, 0.15) is 34.3 Å². The second-order valence-corrected chi connectivity index (χ2v) is 5.36. The van der Waals surface area contributed by atoms with Gasteiger partial charge < -0.3 is 5.32 Å². The molecule has 2 aromatic rings. The minimum Gasteiger partial charge on any atom is -0.322 e. The molecular weight excluding hydrogens is 272 g/mol. The van der Waals surface area contributed by atoms with Gasteiger partial charge in [0.1, 0.15) is 5.15 Å². The van der Waals surface area contributed by atoms with Gasteiger partial charge in [0, 0.05) is 11.9 Å². The quantitative estimate of drug-likeness (QED) is 0.852. The third kappa shape index (κ3) is 2.68. The average Bonchev–Trinajstić information content (AvgIpc) is 2.48. The number of halogens is 1. The summed E-state index contributed by atoms with van der Waals surface area (Å²) >= 11 is 5.73. The highest BCUT2D eigenvalue weighted by Gasteiger charge is 2.15. The number of aromatic nitrogens is 1. The number of hydrogen-bond donors (Lipinski definition) is 1. The van der Waals surface area contributed by atoms with E-state index in [1.165, 1.54) is 30.2 Å². The van der Waals surface area contributed by atoms with E-state index in [1.54, 1.807) is 12.1 Å². The number of carbonyl (C=O) groups excluding carboxylic acids is 1. The van der Waals surface area contributed by atoms with Crippen LogP contribution in [0.5, 0.6) is 0 Å². The van der Waals surface area contributed by atoms with Crippen LogP contribution in [0.2, 0.25) is 5.15 Å². The highest BCUT2D eigenvalue weighted by atomic mass is 35.5. The highest BCUT2D eigenvalue weighted by Crippen LogP contribution is 2.28. The van der Waals surface area contributed by atoms with Crippen LogP contribution in [0.25, 0.3) is 0 Å². The zero-order valence-corrected chi connectivity index (χ0v) is 11.8. The van der Waals surface area contributed by atoms with E-state index in [0.717, 1.165) is 18.5 Å². The number of benzene rings is 1. The van der Waals surface area contributed by atoms with E-state index in [9.17, 15) is 4.79 Å². The lowest BCUT2D eigenvalue weighted by Crippen LogP contribution is -2.15. The first kappa shape index (κ1) is 13.1. The molecule has 1 aromatic heterocycles. The molecule has 1 amide bonds. The maximum absolute atomic E-state index is 12.2. The fourth-order valence-corrected chi connectivity index (χ4v) is 2.71. The van der Waals surface area contributed by atoms with Gasteiger partial charge in [-0.05, 0) is 55.0 Å². The van der Waals surface area contributed by atoms with E-state index in [2.05, 4.69) is 16.4 Å². The Morgan fingerprint density at radius 3 is 2.80 bits per heavy atom. The first-order valence-electron chi connectivity index (χ1n) is 6.78. The van der Waals surface area contributed by atoms with Crippen LogP contribution in [-0.2, 0) is 12.8 Å². The fraction of sp³-hybridized carbons (Fsp3) is 0.250. The van der Waals surface area contributed by atoms with Crippen molar-refractivity contribution in [1.82, 2.24) is 4.98 Å². The molecule has 0 spiro atoms. The minimum atomic E-state index is -0.145. The first-order chi connectivity index (χ1) is 9.74. The Morgan fingerprint density at radius 1 is 1.15 bits per heavy atom. The lowest BCUT2D eigenvalue weighted by Gasteiger charge is -2.19.